The fourth-order valence-corrected chi connectivity index (χ4v) is 2.84. The monoisotopic (exact) mass is 290 g/mol. The summed E-state index contributed by atoms with van der Waals surface area (Å²) in [5, 5.41) is 13.9. The smallest absolute Gasteiger partial charge is 0.248 e. The SMILES string of the molecule is CC1(C)CCC(O)(CNCc2cccc(C(N)=O)c2)CC1. The van der Waals surface area contributed by atoms with E-state index in [2.05, 4.69) is 19.2 Å². The summed E-state index contributed by atoms with van der Waals surface area (Å²) < 4.78 is 0. The number of carbonyl (C=O) groups is 1. The van der Waals surface area contributed by atoms with Crippen LogP contribution in [0.2, 0.25) is 0 Å². The molecular formula is C17H26N2O2. The van der Waals surface area contributed by atoms with Gasteiger partial charge in [0.25, 0.3) is 0 Å². The number of primary amides is 1. The van der Waals surface area contributed by atoms with Gasteiger partial charge in [-0.15, -0.1) is 0 Å². The van der Waals surface area contributed by atoms with E-state index in [0.29, 0.717) is 24.1 Å². The molecule has 1 aliphatic carbocycles. The van der Waals surface area contributed by atoms with Crippen LogP contribution in [0, 0.1) is 5.41 Å². The zero-order chi connectivity index (χ0) is 15.5. The molecule has 4 N–H and O–H groups in total. The fraction of sp³-hybridized carbons (Fsp3) is 0.588. The Morgan fingerprint density at radius 2 is 1.95 bits per heavy atom. The van der Waals surface area contributed by atoms with Gasteiger partial charge < -0.3 is 16.2 Å². The van der Waals surface area contributed by atoms with Gasteiger partial charge in [0, 0.05) is 18.7 Å². The van der Waals surface area contributed by atoms with Crippen molar-refractivity contribution in [1.29, 1.82) is 0 Å². The van der Waals surface area contributed by atoms with Crippen molar-refractivity contribution in [2.24, 2.45) is 11.1 Å². The Morgan fingerprint density at radius 1 is 1.29 bits per heavy atom. The molecule has 0 saturated heterocycles. The lowest BCUT2D eigenvalue weighted by Gasteiger charge is -2.40. The van der Waals surface area contributed by atoms with Crippen LogP contribution in [-0.2, 0) is 6.54 Å². The second-order valence-electron chi connectivity index (χ2n) is 7.06. The maximum atomic E-state index is 11.1. The van der Waals surface area contributed by atoms with Crippen LogP contribution in [0.1, 0.15) is 55.5 Å². The summed E-state index contributed by atoms with van der Waals surface area (Å²) in [6.07, 6.45) is 3.80. The molecule has 0 radical (unpaired) electrons. The lowest BCUT2D eigenvalue weighted by molar-refractivity contribution is -0.0245. The molecule has 1 saturated carbocycles. The first kappa shape index (κ1) is 16.0. The van der Waals surface area contributed by atoms with Gasteiger partial charge in [-0.1, -0.05) is 26.0 Å². The topological polar surface area (TPSA) is 75.3 Å². The molecule has 2 rings (SSSR count). The van der Waals surface area contributed by atoms with Crippen molar-refractivity contribution in [1.82, 2.24) is 5.32 Å². The number of hydrogen-bond acceptors (Lipinski definition) is 3. The van der Waals surface area contributed by atoms with Crippen LogP contribution >= 0.6 is 0 Å². The zero-order valence-corrected chi connectivity index (χ0v) is 13.0. The van der Waals surface area contributed by atoms with Crippen LogP contribution < -0.4 is 11.1 Å². The van der Waals surface area contributed by atoms with Crippen molar-refractivity contribution in [2.75, 3.05) is 6.54 Å². The van der Waals surface area contributed by atoms with Crippen LogP contribution in [0.25, 0.3) is 0 Å². The third-order valence-corrected chi connectivity index (χ3v) is 4.53. The Bertz CT molecular complexity index is 501. The van der Waals surface area contributed by atoms with Crippen LogP contribution in [0.5, 0.6) is 0 Å². The van der Waals surface area contributed by atoms with E-state index in [4.69, 9.17) is 5.73 Å². The molecular weight excluding hydrogens is 264 g/mol. The van der Waals surface area contributed by atoms with Crippen molar-refractivity contribution in [3.05, 3.63) is 35.4 Å². The molecule has 1 aromatic carbocycles. The van der Waals surface area contributed by atoms with Crippen LogP contribution in [-0.4, -0.2) is 23.2 Å². The molecule has 0 aromatic heterocycles. The van der Waals surface area contributed by atoms with E-state index in [1.807, 2.05) is 12.1 Å². The van der Waals surface area contributed by atoms with Gasteiger partial charge in [-0.05, 0) is 48.8 Å². The Balaban J connectivity index is 1.84. The lowest BCUT2D eigenvalue weighted by atomic mass is 9.71. The largest absolute Gasteiger partial charge is 0.389 e. The van der Waals surface area contributed by atoms with Gasteiger partial charge in [-0.25, -0.2) is 0 Å². The summed E-state index contributed by atoms with van der Waals surface area (Å²) >= 11 is 0. The molecule has 1 fully saturated rings. The van der Waals surface area contributed by atoms with Gasteiger partial charge in [-0.3, -0.25) is 4.79 Å². The average Bonchev–Trinajstić information content (AvgIpc) is 2.43. The normalized spacial score (nSPS) is 20.1. The molecule has 0 bridgehead atoms. The first-order valence-corrected chi connectivity index (χ1v) is 7.62. The number of benzene rings is 1. The molecule has 1 aliphatic rings. The number of hydrogen-bond donors (Lipinski definition) is 3. The average molecular weight is 290 g/mol. The minimum absolute atomic E-state index is 0.349. The van der Waals surface area contributed by atoms with E-state index in [1.165, 1.54) is 0 Å². The third-order valence-electron chi connectivity index (χ3n) is 4.53. The highest BCUT2D eigenvalue weighted by molar-refractivity contribution is 5.92. The van der Waals surface area contributed by atoms with Gasteiger partial charge in [-0.2, -0.15) is 0 Å². The summed E-state index contributed by atoms with van der Waals surface area (Å²) in [5.41, 5.74) is 6.55. The molecule has 0 spiro atoms. The van der Waals surface area contributed by atoms with Gasteiger partial charge >= 0.3 is 0 Å². The minimum atomic E-state index is -0.600. The first-order chi connectivity index (χ1) is 9.80. The molecule has 4 nitrogen and oxygen atoms in total. The number of nitrogens with two attached hydrogens (primary N) is 1. The van der Waals surface area contributed by atoms with E-state index < -0.39 is 11.5 Å². The Labute approximate surface area is 126 Å². The summed E-state index contributed by atoms with van der Waals surface area (Å²) in [6, 6.07) is 7.29. The highest BCUT2D eigenvalue weighted by Crippen LogP contribution is 2.39. The van der Waals surface area contributed by atoms with Crippen LogP contribution in [0.3, 0.4) is 0 Å². The highest BCUT2D eigenvalue weighted by atomic mass is 16.3. The molecule has 4 heteroatoms. The van der Waals surface area contributed by atoms with Crippen molar-refractivity contribution in [3.63, 3.8) is 0 Å². The highest BCUT2D eigenvalue weighted by Gasteiger charge is 2.36. The Kier molecular flexibility index (Phi) is 4.69. The van der Waals surface area contributed by atoms with Crippen molar-refractivity contribution in [3.8, 4) is 0 Å². The number of carbonyl (C=O) groups excluding carboxylic acids is 1. The number of amides is 1. The summed E-state index contributed by atoms with van der Waals surface area (Å²) in [5.74, 6) is -0.412. The van der Waals surface area contributed by atoms with Crippen molar-refractivity contribution in [2.45, 2.75) is 51.7 Å². The van der Waals surface area contributed by atoms with E-state index >= 15 is 0 Å². The predicted molar refractivity (Wildman–Crippen MR) is 83.9 cm³/mol. The van der Waals surface area contributed by atoms with Crippen LogP contribution in [0.15, 0.2) is 24.3 Å². The lowest BCUT2D eigenvalue weighted by Crippen LogP contribution is -2.44. The number of aliphatic hydroxyl groups is 1. The summed E-state index contributed by atoms with van der Waals surface area (Å²) in [6.45, 7) is 5.74. The molecule has 0 unspecified atom stereocenters. The number of rotatable bonds is 5. The maximum absolute atomic E-state index is 11.1. The van der Waals surface area contributed by atoms with E-state index in [1.54, 1.807) is 12.1 Å². The van der Waals surface area contributed by atoms with Gasteiger partial charge in [0.2, 0.25) is 5.91 Å². The third kappa shape index (κ3) is 4.55. The molecule has 1 amide bonds. The standard InChI is InChI=1S/C17H26N2O2/c1-16(2)6-8-17(21,9-7-16)12-19-11-13-4-3-5-14(10-13)15(18)20/h3-5,10,19,21H,6-9,11-12H2,1-2H3,(H2,18,20). The second-order valence-corrected chi connectivity index (χ2v) is 7.06. The molecule has 1 aromatic rings. The molecule has 0 heterocycles. The number of nitrogens with one attached hydrogen (secondary N) is 1. The summed E-state index contributed by atoms with van der Waals surface area (Å²) in [4.78, 5) is 11.1. The van der Waals surface area contributed by atoms with E-state index in [-0.39, 0.29) is 0 Å². The predicted octanol–water partition coefficient (Wildman–Crippen LogP) is 2.21. The second kappa shape index (κ2) is 6.16. The summed E-state index contributed by atoms with van der Waals surface area (Å²) in [7, 11) is 0. The van der Waals surface area contributed by atoms with Crippen molar-refractivity contribution >= 4 is 5.91 Å². The van der Waals surface area contributed by atoms with Gasteiger partial charge in [0.1, 0.15) is 0 Å². The van der Waals surface area contributed by atoms with Gasteiger partial charge in [0.05, 0.1) is 5.60 Å². The first-order valence-electron chi connectivity index (χ1n) is 7.62. The Hall–Kier alpha value is -1.39. The Morgan fingerprint density at radius 3 is 2.57 bits per heavy atom. The van der Waals surface area contributed by atoms with Crippen molar-refractivity contribution < 1.29 is 9.90 Å². The molecule has 0 aliphatic heterocycles. The van der Waals surface area contributed by atoms with Gasteiger partial charge in [0.15, 0.2) is 0 Å². The van der Waals surface area contributed by atoms with Crippen LogP contribution in [0.4, 0.5) is 0 Å². The fourth-order valence-electron chi connectivity index (χ4n) is 2.84. The molecule has 21 heavy (non-hydrogen) atoms. The zero-order valence-electron chi connectivity index (χ0n) is 13.0. The minimum Gasteiger partial charge on any atom is -0.389 e. The van der Waals surface area contributed by atoms with E-state index in [9.17, 15) is 9.90 Å². The maximum Gasteiger partial charge on any atom is 0.248 e. The molecule has 0 atom stereocenters. The van der Waals surface area contributed by atoms with E-state index in [0.717, 1.165) is 31.2 Å². The quantitative estimate of drug-likeness (QED) is 0.778. The molecule has 116 valence electrons.